The largest absolute Gasteiger partial charge is 0.493 e. The Bertz CT molecular complexity index is 1450. The highest BCUT2D eigenvalue weighted by Crippen LogP contribution is 2.37. The number of halogens is 1. The van der Waals surface area contributed by atoms with Crippen LogP contribution in [0.1, 0.15) is 38.2 Å². The summed E-state index contributed by atoms with van der Waals surface area (Å²) in [6, 6.07) is 18.2. The van der Waals surface area contributed by atoms with Crippen molar-refractivity contribution < 1.29 is 23.7 Å². The first-order valence-electron chi connectivity index (χ1n) is 14.2. The number of methoxy groups -OCH3 is 1. The van der Waals surface area contributed by atoms with Gasteiger partial charge in [0.25, 0.3) is 0 Å². The molecule has 0 saturated carbocycles. The van der Waals surface area contributed by atoms with Crippen molar-refractivity contribution in [3.8, 4) is 23.0 Å². The van der Waals surface area contributed by atoms with Gasteiger partial charge in [-0.2, -0.15) is 0 Å². The SMILES string of the molecule is COc1cc2c(Oc3ccc(Nc4ccc(C(C)C)cc4)c(F)c3)ccnc2cc1OCCN1CCC(CO)CC1. The minimum atomic E-state index is -0.414. The van der Waals surface area contributed by atoms with Gasteiger partial charge < -0.3 is 24.6 Å². The van der Waals surface area contributed by atoms with E-state index in [2.05, 4.69) is 29.0 Å². The van der Waals surface area contributed by atoms with Crippen LogP contribution in [0.25, 0.3) is 10.9 Å². The molecule has 1 aliphatic heterocycles. The van der Waals surface area contributed by atoms with Crippen molar-refractivity contribution in [1.82, 2.24) is 9.88 Å². The van der Waals surface area contributed by atoms with Crippen LogP contribution < -0.4 is 19.5 Å². The van der Waals surface area contributed by atoms with Gasteiger partial charge in [-0.25, -0.2) is 4.39 Å². The molecule has 0 unspecified atom stereocenters. The summed E-state index contributed by atoms with van der Waals surface area (Å²) in [6.45, 7) is 7.80. The van der Waals surface area contributed by atoms with Crippen molar-refractivity contribution in [2.75, 3.05) is 45.3 Å². The Morgan fingerprint density at radius 1 is 1.00 bits per heavy atom. The average Bonchev–Trinajstić information content (AvgIpc) is 2.99. The number of piperidine rings is 1. The minimum Gasteiger partial charge on any atom is -0.493 e. The fourth-order valence-electron chi connectivity index (χ4n) is 5.06. The Balaban J connectivity index is 1.26. The maximum Gasteiger partial charge on any atom is 0.163 e. The van der Waals surface area contributed by atoms with Crippen LogP contribution in [0.4, 0.5) is 15.8 Å². The molecule has 0 atom stereocenters. The predicted molar refractivity (Wildman–Crippen MR) is 160 cm³/mol. The van der Waals surface area contributed by atoms with Gasteiger partial charge >= 0.3 is 0 Å². The quantitative estimate of drug-likeness (QED) is 0.203. The fourth-order valence-corrected chi connectivity index (χ4v) is 5.06. The average molecular weight is 560 g/mol. The van der Waals surface area contributed by atoms with Gasteiger partial charge in [0.1, 0.15) is 23.9 Å². The lowest BCUT2D eigenvalue weighted by Crippen LogP contribution is -2.37. The van der Waals surface area contributed by atoms with E-state index in [1.54, 1.807) is 31.5 Å². The molecule has 0 amide bonds. The molecule has 2 N–H and O–H groups in total. The molecule has 41 heavy (non-hydrogen) atoms. The van der Waals surface area contributed by atoms with Crippen LogP contribution in [0.2, 0.25) is 0 Å². The van der Waals surface area contributed by atoms with E-state index in [0.29, 0.717) is 52.6 Å². The highest BCUT2D eigenvalue weighted by atomic mass is 19.1. The lowest BCUT2D eigenvalue weighted by Gasteiger charge is -2.30. The number of aliphatic hydroxyl groups is 1. The van der Waals surface area contributed by atoms with Gasteiger partial charge in [0.15, 0.2) is 11.5 Å². The maximum atomic E-state index is 15.0. The van der Waals surface area contributed by atoms with Crippen LogP contribution in [-0.2, 0) is 0 Å². The number of ether oxygens (including phenoxy) is 3. The monoisotopic (exact) mass is 559 g/mol. The van der Waals surface area contributed by atoms with Crippen molar-refractivity contribution >= 4 is 22.3 Å². The van der Waals surface area contributed by atoms with E-state index in [9.17, 15) is 5.11 Å². The second-order valence-electron chi connectivity index (χ2n) is 10.8. The lowest BCUT2D eigenvalue weighted by molar-refractivity contribution is 0.118. The summed E-state index contributed by atoms with van der Waals surface area (Å²) in [5.41, 5.74) is 3.11. The molecule has 2 heterocycles. The fraction of sp³-hybridized carbons (Fsp3) is 0.364. The van der Waals surface area contributed by atoms with E-state index >= 15 is 4.39 Å². The van der Waals surface area contributed by atoms with Crippen LogP contribution >= 0.6 is 0 Å². The third-order valence-corrected chi connectivity index (χ3v) is 7.64. The predicted octanol–water partition coefficient (Wildman–Crippen LogP) is 7.12. The number of nitrogens with one attached hydrogen (secondary N) is 1. The number of hydrogen-bond donors (Lipinski definition) is 2. The molecule has 0 aliphatic carbocycles. The van der Waals surface area contributed by atoms with E-state index in [4.69, 9.17) is 14.2 Å². The lowest BCUT2D eigenvalue weighted by atomic mass is 9.98. The zero-order valence-corrected chi connectivity index (χ0v) is 23.9. The molecule has 216 valence electrons. The molecule has 0 spiro atoms. The van der Waals surface area contributed by atoms with Gasteiger partial charge in [0.2, 0.25) is 0 Å². The number of likely N-dealkylation sites (tertiary alicyclic amines) is 1. The van der Waals surface area contributed by atoms with Crippen LogP contribution in [-0.4, -0.2) is 54.9 Å². The molecule has 0 radical (unpaired) electrons. The third kappa shape index (κ3) is 7.07. The number of aromatic nitrogens is 1. The minimum absolute atomic E-state index is 0.266. The van der Waals surface area contributed by atoms with Crippen molar-refractivity contribution in [2.45, 2.75) is 32.6 Å². The summed E-state index contributed by atoms with van der Waals surface area (Å²) in [7, 11) is 1.60. The van der Waals surface area contributed by atoms with E-state index in [1.807, 2.05) is 36.4 Å². The molecule has 3 aromatic carbocycles. The zero-order valence-electron chi connectivity index (χ0n) is 23.9. The van der Waals surface area contributed by atoms with Crippen molar-refractivity contribution in [1.29, 1.82) is 0 Å². The van der Waals surface area contributed by atoms with Crippen LogP contribution in [0.3, 0.4) is 0 Å². The van der Waals surface area contributed by atoms with Crippen LogP contribution in [0.15, 0.2) is 66.9 Å². The number of pyridine rings is 1. The first-order valence-corrected chi connectivity index (χ1v) is 14.2. The first-order chi connectivity index (χ1) is 19.9. The highest BCUT2D eigenvalue weighted by molar-refractivity contribution is 5.88. The number of aliphatic hydroxyl groups excluding tert-OH is 1. The Morgan fingerprint density at radius 2 is 1.78 bits per heavy atom. The standard InChI is InChI=1S/C33H38FN3O4/c1-22(2)24-4-6-25(7-5-24)36-29-9-8-26(18-28(29)34)41-31-10-13-35-30-20-33(32(39-3)19-27(30)31)40-17-16-37-14-11-23(21-38)12-15-37/h4-10,13,18-20,22-23,36,38H,11-12,14-17,21H2,1-3H3. The number of rotatable bonds is 11. The molecule has 7 nitrogen and oxygen atoms in total. The van der Waals surface area contributed by atoms with Crippen LogP contribution in [0.5, 0.6) is 23.0 Å². The second kappa shape index (κ2) is 13.2. The normalized spacial score (nSPS) is 14.4. The number of hydrogen-bond acceptors (Lipinski definition) is 7. The maximum absolute atomic E-state index is 15.0. The first kappa shape index (κ1) is 28.6. The van der Waals surface area contributed by atoms with Crippen molar-refractivity contribution in [3.63, 3.8) is 0 Å². The molecule has 4 aromatic rings. The summed E-state index contributed by atoms with van der Waals surface area (Å²) >= 11 is 0. The van der Waals surface area contributed by atoms with Gasteiger partial charge in [-0.15, -0.1) is 0 Å². The van der Waals surface area contributed by atoms with Gasteiger partial charge in [-0.3, -0.25) is 9.88 Å². The van der Waals surface area contributed by atoms with Gasteiger partial charge in [-0.1, -0.05) is 26.0 Å². The molecular weight excluding hydrogens is 521 g/mol. The Kier molecular flexibility index (Phi) is 9.21. The zero-order chi connectivity index (χ0) is 28.8. The number of fused-ring (bicyclic) bond motifs is 1. The van der Waals surface area contributed by atoms with Gasteiger partial charge in [-0.05, 0) is 79.7 Å². The Labute approximate surface area is 240 Å². The summed E-state index contributed by atoms with van der Waals surface area (Å²) in [5.74, 6) is 2.53. The Hall–Kier alpha value is -3.88. The smallest absolute Gasteiger partial charge is 0.163 e. The third-order valence-electron chi connectivity index (χ3n) is 7.64. The number of nitrogens with zero attached hydrogens (tertiary/aromatic N) is 2. The second-order valence-corrected chi connectivity index (χ2v) is 10.8. The molecule has 1 fully saturated rings. The summed E-state index contributed by atoms with van der Waals surface area (Å²) in [4.78, 5) is 6.85. The molecule has 1 aromatic heterocycles. The molecule has 5 rings (SSSR count). The topological polar surface area (TPSA) is 76.1 Å². The molecule has 1 aliphatic rings. The molecular formula is C33H38FN3O4. The summed E-state index contributed by atoms with van der Waals surface area (Å²) in [5, 5.41) is 13.2. The number of anilines is 2. The Morgan fingerprint density at radius 3 is 2.46 bits per heavy atom. The molecule has 1 saturated heterocycles. The molecule has 0 bridgehead atoms. The van der Waals surface area contributed by atoms with Gasteiger partial charge in [0, 0.05) is 42.6 Å². The van der Waals surface area contributed by atoms with Crippen LogP contribution in [0, 0.1) is 11.7 Å². The van der Waals surface area contributed by atoms with E-state index < -0.39 is 5.82 Å². The van der Waals surface area contributed by atoms with Crippen molar-refractivity contribution in [2.24, 2.45) is 5.92 Å². The summed E-state index contributed by atoms with van der Waals surface area (Å²) < 4.78 is 32.8. The molecule has 8 heteroatoms. The van der Waals surface area contributed by atoms with Gasteiger partial charge in [0.05, 0.1) is 18.3 Å². The summed E-state index contributed by atoms with van der Waals surface area (Å²) in [6.07, 6.45) is 3.68. The number of benzene rings is 3. The van der Waals surface area contributed by atoms with E-state index in [-0.39, 0.29) is 6.61 Å². The highest BCUT2D eigenvalue weighted by Gasteiger charge is 2.19. The van der Waals surface area contributed by atoms with E-state index in [0.717, 1.165) is 43.5 Å². The van der Waals surface area contributed by atoms with Crippen molar-refractivity contribution in [3.05, 3.63) is 78.2 Å². The van der Waals surface area contributed by atoms with E-state index in [1.165, 1.54) is 11.6 Å².